The monoisotopic (exact) mass is 242 g/mol. The number of aliphatic carboxylic acids is 1. The number of carbonyl (C=O) groups is 1. The van der Waals surface area contributed by atoms with Crippen LogP contribution in [0.15, 0.2) is 0 Å². The smallest absolute Gasteiger partial charge is 0.303 e. The van der Waals surface area contributed by atoms with Gasteiger partial charge in [-0.2, -0.15) is 0 Å². The van der Waals surface area contributed by atoms with Crippen molar-refractivity contribution in [2.75, 3.05) is 33.7 Å². The molecule has 0 amide bonds. The highest BCUT2D eigenvalue weighted by Crippen LogP contribution is 2.14. The van der Waals surface area contributed by atoms with E-state index in [2.05, 4.69) is 23.9 Å². The fraction of sp³-hybridized carbons (Fsp3) is 0.923. The van der Waals surface area contributed by atoms with Crippen LogP contribution in [0.5, 0.6) is 0 Å². The fourth-order valence-electron chi connectivity index (χ4n) is 2.43. The van der Waals surface area contributed by atoms with Gasteiger partial charge in [0, 0.05) is 12.5 Å². The molecule has 0 saturated carbocycles. The minimum atomic E-state index is -0.673. The summed E-state index contributed by atoms with van der Waals surface area (Å²) in [5, 5.41) is 8.54. The molecule has 1 saturated heterocycles. The van der Waals surface area contributed by atoms with E-state index in [1.807, 2.05) is 0 Å². The molecule has 1 heterocycles. The first-order valence-electron chi connectivity index (χ1n) is 6.70. The molecular weight excluding hydrogens is 216 g/mol. The lowest BCUT2D eigenvalue weighted by Crippen LogP contribution is -2.42. The van der Waals surface area contributed by atoms with Crippen LogP contribution in [-0.2, 0) is 4.79 Å². The molecular formula is C13H26N2O2. The minimum Gasteiger partial charge on any atom is -0.481 e. The molecule has 1 aliphatic rings. The highest BCUT2D eigenvalue weighted by atomic mass is 16.4. The minimum absolute atomic E-state index is 0.317. The van der Waals surface area contributed by atoms with Gasteiger partial charge in [-0.1, -0.05) is 6.42 Å². The number of rotatable bonds is 7. The zero-order valence-corrected chi connectivity index (χ0v) is 11.2. The summed E-state index contributed by atoms with van der Waals surface area (Å²) in [5.74, 6) is -0.673. The third-order valence-electron chi connectivity index (χ3n) is 3.71. The maximum atomic E-state index is 10.4. The predicted octanol–water partition coefficient (Wildman–Crippen LogP) is 1.66. The first-order chi connectivity index (χ1) is 8.09. The summed E-state index contributed by atoms with van der Waals surface area (Å²) in [6.07, 6.45) is 5.82. The van der Waals surface area contributed by atoms with Crippen molar-refractivity contribution in [3.8, 4) is 0 Å². The normalized spacial score (nSPS) is 18.8. The van der Waals surface area contributed by atoms with Gasteiger partial charge in [0.15, 0.2) is 0 Å². The van der Waals surface area contributed by atoms with Crippen molar-refractivity contribution in [3.05, 3.63) is 0 Å². The first kappa shape index (κ1) is 14.5. The molecule has 1 N–H and O–H groups in total. The predicted molar refractivity (Wildman–Crippen MR) is 69.3 cm³/mol. The molecule has 1 fully saturated rings. The molecule has 0 atom stereocenters. The Hall–Kier alpha value is -0.610. The van der Waals surface area contributed by atoms with Crippen LogP contribution in [0.2, 0.25) is 0 Å². The molecule has 1 rings (SSSR count). The van der Waals surface area contributed by atoms with Crippen LogP contribution in [0, 0.1) is 0 Å². The van der Waals surface area contributed by atoms with Crippen LogP contribution in [-0.4, -0.2) is 60.6 Å². The zero-order chi connectivity index (χ0) is 12.7. The Bertz CT molecular complexity index is 225. The van der Waals surface area contributed by atoms with Crippen molar-refractivity contribution < 1.29 is 9.90 Å². The van der Waals surface area contributed by atoms with Crippen molar-refractivity contribution in [1.82, 2.24) is 9.80 Å². The molecule has 4 nitrogen and oxygen atoms in total. The number of nitrogens with zero attached hydrogens (tertiary/aromatic N) is 2. The third kappa shape index (κ3) is 6.03. The fourth-order valence-corrected chi connectivity index (χ4v) is 2.43. The molecule has 0 unspecified atom stereocenters. The van der Waals surface area contributed by atoms with E-state index in [0.29, 0.717) is 6.42 Å². The number of hydrogen-bond acceptors (Lipinski definition) is 3. The second kappa shape index (κ2) is 7.67. The standard InChI is InChI=1S/C13H26N2O2/c1-14-10-7-12(8-11-14)15(2)9-5-3-4-6-13(16)17/h12H,3-11H2,1-2H3,(H,16,17). The zero-order valence-electron chi connectivity index (χ0n) is 11.2. The van der Waals surface area contributed by atoms with Crippen LogP contribution in [0.3, 0.4) is 0 Å². The number of hydrogen-bond donors (Lipinski definition) is 1. The number of unbranched alkanes of at least 4 members (excludes halogenated alkanes) is 2. The highest BCUT2D eigenvalue weighted by Gasteiger charge is 2.19. The Morgan fingerprint density at radius 3 is 2.53 bits per heavy atom. The van der Waals surface area contributed by atoms with Crippen LogP contribution < -0.4 is 0 Å². The number of carboxylic acid groups (broad SMARTS) is 1. The van der Waals surface area contributed by atoms with E-state index in [-0.39, 0.29) is 0 Å². The molecule has 0 aromatic rings. The van der Waals surface area contributed by atoms with E-state index in [1.165, 1.54) is 25.9 Å². The van der Waals surface area contributed by atoms with Crippen molar-refractivity contribution in [3.63, 3.8) is 0 Å². The van der Waals surface area contributed by atoms with Crippen LogP contribution in [0.25, 0.3) is 0 Å². The molecule has 0 aliphatic carbocycles. The first-order valence-corrected chi connectivity index (χ1v) is 6.70. The van der Waals surface area contributed by atoms with E-state index in [1.54, 1.807) is 0 Å². The van der Waals surface area contributed by atoms with Gasteiger partial charge in [-0.15, -0.1) is 0 Å². The van der Waals surface area contributed by atoms with E-state index < -0.39 is 5.97 Å². The van der Waals surface area contributed by atoms with Gasteiger partial charge in [-0.3, -0.25) is 4.79 Å². The Labute approximate surface area is 105 Å². The second-order valence-electron chi connectivity index (χ2n) is 5.22. The van der Waals surface area contributed by atoms with Crippen LogP contribution >= 0.6 is 0 Å². The summed E-state index contributed by atoms with van der Waals surface area (Å²) in [4.78, 5) is 15.2. The quantitative estimate of drug-likeness (QED) is 0.690. The van der Waals surface area contributed by atoms with Gasteiger partial charge in [-0.25, -0.2) is 0 Å². The number of likely N-dealkylation sites (tertiary alicyclic amines) is 1. The molecule has 0 radical (unpaired) electrons. The molecule has 0 spiro atoms. The van der Waals surface area contributed by atoms with E-state index in [9.17, 15) is 4.79 Å². The summed E-state index contributed by atoms with van der Waals surface area (Å²) >= 11 is 0. The van der Waals surface area contributed by atoms with Gasteiger partial charge in [0.25, 0.3) is 0 Å². The summed E-state index contributed by atoms with van der Waals surface area (Å²) in [7, 11) is 4.38. The van der Waals surface area contributed by atoms with Gasteiger partial charge < -0.3 is 14.9 Å². The topological polar surface area (TPSA) is 43.8 Å². The molecule has 4 heteroatoms. The van der Waals surface area contributed by atoms with E-state index >= 15 is 0 Å². The summed E-state index contributed by atoms with van der Waals surface area (Å²) in [5.41, 5.74) is 0. The van der Waals surface area contributed by atoms with Crippen molar-refractivity contribution in [2.45, 2.75) is 44.6 Å². The van der Waals surface area contributed by atoms with Crippen molar-refractivity contribution in [1.29, 1.82) is 0 Å². The lowest BCUT2D eigenvalue weighted by Gasteiger charge is -2.35. The van der Waals surface area contributed by atoms with E-state index in [4.69, 9.17) is 5.11 Å². The van der Waals surface area contributed by atoms with Crippen molar-refractivity contribution in [2.24, 2.45) is 0 Å². The van der Waals surface area contributed by atoms with Crippen molar-refractivity contribution >= 4 is 5.97 Å². The SMILES string of the molecule is CN1CCC(N(C)CCCCCC(=O)O)CC1. The molecule has 0 aromatic carbocycles. The molecule has 100 valence electrons. The van der Waals surface area contributed by atoms with Gasteiger partial charge >= 0.3 is 5.97 Å². The maximum absolute atomic E-state index is 10.4. The summed E-state index contributed by atoms with van der Waals surface area (Å²) in [6.45, 7) is 3.51. The van der Waals surface area contributed by atoms with Gasteiger partial charge in [-0.05, 0) is 59.4 Å². The molecule has 17 heavy (non-hydrogen) atoms. The van der Waals surface area contributed by atoms with Gasteiger partial charge in [0.05, 0.1) is 0 Å². The lowest BCUT2D eigenvalue weighted by atomic mass is 10.0. The average molecular weight is 242 g/mol. The molecule has 0 bridgehead atoms. The maximum Gasteiger partial charge on any atom is 0.303 e. The summed E-state index contributed by atoms with van der Waals surface area (Å²) < 4.78 is 0. The Kier molecular flexibility index (Phi) is 6.52. The molecule has 1 aliphatic heterocycles. The van der Waals surface area contributed by atoms with Crippen LogP contribution in [0.1, 0.15) is 38.5 Å². The molecule has 0 aromatic heterocycles. The summed E-state index contributed by atoms with van der Waals surface area (Å²) in [6, 6.07) is 0.727. The average Bonchev–Trinajstić information content (AvgIpc) is 2.29. The largest absolute Gasteiger partial charge is 0.481 e. The number of carboxylic acids is 1. The highest BCUT2D eigenvalue weighted by molar-refractivity contribution is 5.66. The Balaban J connectivity index is 2.04. The Morgan fingerprint density at radius 2 is 1.94 bits per heavy atom. The van der Waals surface area contributed by atoms with E-state index in [0.717, 1.165) is 31.8 Å². The van der Waals surface area contributed by atoms with Gasteiger partial charge in [0.1, 0.15) is 0 Å². The second-order valence-corrected chi connectivity index (χ2v) is 5.22. The lowest BCUT2D eigenvalue weighted by molar-refractivity contribution is -0.137. The third-order valence-corrected chi connectivity index (χ3v) is 3.71. The number of piperidine rings is 1. The Morgan fingerprint density at radius 1 is 1.29 bits per heavy atom. The van der Waals surface area contributed by atoms with Gasteiger partial charge in [0.2, 0.25) is 0 Å². The van der Waals surface area contributed by atoms with Crippen LogP contribution in [0.4, 0.5) is 0 Å².